The highest BCUT2D eigenvalue weighted by atomic mass is 32.2. The highest BCUT2D eigenvalue weighted by Gasteiger charge is 2.62. The summed E-state index contributed by atoms with van der Waals surface area (Å²) in [5.74, 6) is -11.9. The standard InChI is InChI=1S/C24H25O2S2.C24H19O2S2.2C9H12F4O5S/c2*25-28(26,23-14-8-3-9-15-23)24-18-16-22(17-19-24)27(20-10-4-1-5-11-20)21-12-6-2-7-13-21;2*1-6(2)7(14)18-5-3-4-8(10,11)9(12,13)19(15,16)17/h1-2,4-7,10-13,16-19,23H,3,8-9,14-15H2;1-19H;2*1,3-5H2,2H3,(H,15,16,17)/q2*+1;;/p-2. The van der Waals surface area contributed by atoms with Gasteiger partial charge in [-0.2, -0.15) is 35.1 Å². The van der Waals surface area contributed by atoms with Crippen molar-refractivity contribution in [1.29, 1.82) is 0 Å². The Morgan fingerprint density at radius 3 is 0.979 bits per heavy atom. The van der Waals surface area contributed by atoms with E-state index in [-0.39, 0.29) is 38.2 Å². The molecule has 0 aromatic heterocycles. The average Bonchev–Trinajstić information content (AvgIpc) is 0.822. The molecular formula is C66H66F8O14S6. The van der Waals surface area contributed by atoms with E-state index in [1.807, 2.05) is 91.0 Å². The van der Waals surface area contributed by atoms with Crippen LogP contribution >= 0.6 is 0 Å². The Labute approximate surface area is 548 Å². The second-order valence-corrected chi connectivity index (χ2v) is 31.9. The number of carbonyl (C=O) groups is 2. The maximum Gasteiger partial charge on any atom is 0.396 e. The van der Waals surface area contributed by atoms with Crippen LogP contribution in [0.4, 0.5) is 35.1 Å². The fraction of sp³-hybridized carbons (Fsp3) is 0.273. The third-order valence-corrected chi connectivity index (χ3v) is 24.0. The molecule has 14 nitrogen and oxygen atoms in total. The summed E-state index contributed by atoms with van der Waals surface area (Å²) in [5.41, 5.74) is -0.0292. The minimum atomic E-state index is -6.48. The van der Waals surface area contributed by atoms with E-state index in [0.29, 0.717) is 14.7 Å². The molecule has 506 valence electrons. The van der Waals surface area contributed by atoms with Crippen LogP contribution in [0.15, 0.2) is 269 Å². The quantitative estimate of drug-likeness (QED) is 0.0137. The van der Waals surface area contributed by atoms with E-state index in [9.17, 15) is 87.5 Å². The highest BCUT2D eigenvalue weighted by molar-refractivity contribution is 7.97. The van der Waals surface area contributed by atoms with Crippen LogP contribution in [0.3, 0.4) is 0 Å². The maximum absolute atomic E-state index is 13.0. The Balaban J connectivity index is 0.000000232. The molecular weight excluding hydrogens is 1360 g/mol. The zero-order chi connectivity index (χ0) is 69.8. The van der Waals surface area contributed by atoms with Crippen molar-refractivity contribution >= 4 is 73.6 Å². The molecule has 0 radical (unpaired) electrons. The van der Waals surface area contributed by atoms with Gasteiger partial charge in [0.1, 0.15) is 0 Å². The van der Waals surface area contributed by atoms with Gasteiger partial charge >= 0.3 is 34.3 Å². The van der Waals surface area contributed by atoms with Crippen LogP contribution < -0.4 is 0 Å². The van der Waals surface area contributed by atoms with E-state index in [1.54, 1.807) is 36.4 Å². The molecule has 0 spiro atoms. The summed E-state index contributed by atoms with van der Waals surface area (Å²) in [6, 6.07) is 64.9. The number of ether oxygens (including phenoxy) is 2. The third-order valence-electron chi connectivity index (χ3n) is 13.6. The van der Waals surface area contributed by atoms with Gasteiger partial charge < -0.3 is 18.6 Å². The summed E-state index contributed by atoms with van der Waals surface area (Å²) in [4.78, 5) is 29.8. The van der Waals surface area contributed by atoms with Gasteiger partial charge in [0.25, 0.3) is 0 Å². The van der Waals surface area contributed by atoms with Crippen molar-refractivity contribution in [1.82, 2.24) is 0 Å². The molecule has 0 bridgehead atoms. The van der Waals surface area contributed by atoms with E-state index in [1.165, 1.54) is 33.4 Å². The van der Waals surface area contributed by atoms with Gasteiger partial charge in [0.15, 0.2) is 59.4 Å². The van der Waals surface area contributed by atoms with Crippen molar-refractivity contribution in [2.75, 3.05) is 13.2 Å². The molecule has 0 saturated heterocycles. The van der Waals surface area contributed by atoms with Gasteiger partial charge in [-0.05, 0) is 149 Å². The lowest BCUT2D eigenvalue weighted by atomic mass is 10.0. The molecule has 0 heterocycles. The van der Waals surface area contributed by atoms with Crippen LogP contribution in [-0.4, -0.2) is 95.5 Å². The smallest absolute Gasteiger partial charge is 0.396 e. The number of hydrogen-bond donors (Lipinski definition) is 0. The van der Waals surface area contributed by atoms with Crippen LogP contribution in [0.1, 0.15) is 71.6 Å². The first-order valence-corrected chi connectivity index (χ1v) is 36.8. The highest BCUT2D eigenvalue weighted by Crippen LogP contribution is 2.43. The number of sulfone groups is 2. The third kappa shape index (κ3) is 20.9. The molecule has 0 unspecified atom stereocenters. The van der Waals surface area contributed by atoms with Gasteiger partial charge in [0.05, 0.1) is 54.9 Å². The van der Waals surface area contributed by atoms with Crippen molar-refractivity contribution in [2.45, 2.75) is 143 Å². The lowest BCUT2D eigenvalue weighted by Crippen LogP contribution is -2.46. The largest absolute Gasteiger partial charge is 0.743 e. The summed E-state index contributed by atoms with van der Waals surface area (Å²) < 4.78 is 223. The van der Waals surface area contributed by atoms with Crippen LogP contribution in [0.2, 0.25) is 0 Å². The fourth-order valence-electron chi connectivity index (χ4n) is 8.69. The molecule has 94 heavy (non-hydrogen) atoms. The van der Waals surface area contributed by atoms with E-state index in [4.69, 9.17) is 0 Å². The van der Waals surface area contributed by atoms with Gasteiger partial charge in [-0.25, -0.2) is 43.3 Å². The van der Waals surface area contributed by atoms with Gasteiger partial charge in [-0.15, -0.1) is 0 Å². The Morgan fingerprint density at radius 1 is 0.426 bits per heavy atom. The summed E-state index contributed by atoms with van der Waals surface area (Å²) in [6.45, 7) is 7.70. The summed E-state index contributed by atoms with van der Waals surface area (Å²) in [5, 5.41) is -11.6. The van der Waals surface area contributed by atoms with Gasteiger partial charge in [-0.1, -0.05) is 123 Å². The van der Waals surface area contributed by atoms with E-state index < -0.39 is 113 Å². The molecule has 1 aliphatic rings. The van der Waals surface area contributed by atoms with Crippen molar-refractivity contribution in [3.63, 3.8) is 0 Å². The lowest BCUT2D eigenvalue weighted by Gasteiger charge is -2.28. The number of esters is 2. The van der Waals surface area contributed by atoms with Crippen molar-refractivity contribution in [2.24, 2.45) is 0 Å². The normalized spacial score (nSPS) is 13.4. The zero-order valence-electron chi connectivity index (χ0n) is 50.5. The van der Waals surface area contributed by atoms with E-state index in [0.717, 1.165) is 41.9 Å². The second kappa shape index (κ2) is 34.0. The fourth-order valence-corrected chi connectivity index (χ4v) is 16.9. The Hall–Kier alpha value is -7.18. The van der Waals surface area contributed by atoms with Crippen LogP contribution in [0.5, 0.6) is 0 Å². The van der Waals surface area contributed by atoms with Crippen molar-refractivity contribution < 1.29 is 97.0 Å². The molecule has 0 aliphatic heterocycles. The van der Waals surface area contributed by atoms with Crippen molar-refractivity contribution in [3.05, 3.63) is 224 Å². The molecule has 7 aromatic rings. The predicted octanol–water partition coefficient (Wildman–Crippen LogP) is 14.8. The first kappa shape index (κ1) is 77.5. The van der Waals surface area contributed by atoms with E-state index in [2.05, 4.69) is 95.4 Å². The minimum absolute atomic E-state index is 0.0146. The van der Waals surface area contributed by atoms with Gasteiger partial charge in [0, 0.05) is 24.0 Å². The first-order valence-electron chi connectivity index (χ1n) is 28.5. The van der Waals surface area contributed by atoms with Crippen LogP contribution in [0.25, 0.3) is 0 Å². The molecule has 28 heteroatoms. The summed E-state index contributed by atoms with van der Waals surface area (Å²) in [6.07, 6.45) is 0.0674. The first-order chi connectivity index (χ1) is 44.0. The van der Waals surface area contributed by atoms with Gasteiger partial charge in [0.2, 0.25) is 9.84 Å². The SMILES string of the molecule is C=C(C)C(=O)OCCCC(F)(F)C(F)(F)S(=O)(=O)[O-].C=C(C)C(=O)OCCCC(F)(F)C(F)(F)S(=O)(=O)[O-].O=S(=O)(c1ccc([S+](c2ccccc2)c2ccccc2)cc1)C1CCCCC1.O=S(=O)(c1ccccc1)c1ccc([S+](c2ccccc2)c2ccccc2)cc1. The summed E-state index contributed by atoms with van der Waals surface area (Å²) >= 11 is 0. The number of benzene rings is 7. The molecule has 1 aliphatic carbocycles. The molecule has 0 amide bonds. The number of rotatable bonds is 24. The predicted molar refractivity (Wildman–Crippen MR) is 338 cm³/mol. The lowest BCUT2D eigenvalue weighted by molar-refractivity contribution is -0.167. The molecule has 0 N–H and O–H groups in total. The Morgan fingerprint density at radius 2 is 0.691 bits per heavy atom. The average molecular weight is 1430 g/mol. The van der Waals surface area contributed by atoms with Crippen molar-refractivity contribution in [3.8, 4) is 0 Å². The van der Waals surface area contributed by atoms with Crippen LogP contribution in [0, 0.1) is 0 Å². The van der Waals surface area contributed by atoms with Crippen LogP contribution in [-0.2, 0) is 80.8 Å². The zero-order valence-corrected chi connectivity index (χ0v) is 55.4. The molecule has 7 aromatic carbocycles. The van der Waals surface area contributed by atoms with E-state index >= 15 is 0 Å². The molecule has 0 atom stereocenters. The molecule has 8 rings (SSSR count). The molecule has 1 saturated carbocycles. The summed E-state index contributed by atoms with van der Waals surface area (Å²) in [7, 11) is -20.2. The Kier molecular flexibility index (Phi) is 28.0. The maximum atomic E-state index is 13.0. The number of halogens is 8. The molecule has 1 fully saturated rings. The topological polar surface area (TPSA) is 235 Å². The minimum Gasteiger partial charge on any atom is -0.743 e. The number of hydrogen-bond acceptors (Lipinski definition) is 14. The number of carbonyl (C=O) groups excluding carboxylic acids is 2. The van der Waals surface area contributed by atoms with Gasteiger partial charge in [-0.3, -0.25) is 0 Å². The Bertz CT molecular complexity index is 3920. The monoisotopic (exact) mass is 1430 g/mol. The number of alkyl halides is 8. The second-order valence-electron chi connectivity index (χ2n) is 20.8.